The second-order valence-corrected chi connectivity index (χ2v) is 8.79. The molecule has 0 radical (unpaired) electrons. The highest BCUT2D eigenvalue weighted by molar-refractivity contribution is 5.72. The van der Waals surface area contributed by atoms with Crippen molar-refractivity contribution in [3.8, 4) is 6.01 Å². The minimum atomic E-state index is -0.141. The van der Waals surface area contributed by atoms with Crippen LogP contribution in [0.2, 0.25) is 0 Å². The summed E-state index contributed by atoms with van der Waals surface area (Å²) in [5.74, 6) is 1.31. The van der Waals surface area contributed by atoms with Gasteiger partial charge in [-0.15, -0.1) is 5.10 Å². The fraction of sp³-hybridized carbons (Fsp3) is 0.476. The van der Waals surface area contributed by atoms with E-state index in [-0.39, 0.29) is 17.7 Å². The normalized spacial score (nSPS) is 21.5. The van der Waals surface area contributed by atoms with Gasteiger partial charge in [0.1, 0.15) is 24.1 Å². The monoisotopic (exact) mass is 451 g/mol. The zero-order chi connectivity index (χ0) is 22.4. The number of nitrogens with zero attached hydrogens (tertiary/aromatic N) is 7. The van der Waals surface area contributed by atoms with Gasteiger partial charge in [-0.1, -0.05) is 5.10 Å². The standard InChI is InChI=1S/C21H25N9O3/c1-21(3-4-21)29-12-23-27-20(29)33-14-8-17(32-11-14)15-9-18(26-25-15)24-19-16-7-13(10-31-2)28-30(16)6-5-22-19/h5-7,9,12,14,17H,3-4,8,10-11H2,1-2H3,(H2,22,24,25,26)/t14-,17-/m1/s1. The molecule has 12 heteroatoms. The van der Waals surface area contributed by atoms with Crippen LogP contribution in [0, 0.1) is 0 Å². The number of anilines is 2. The Kier molecular flexibility index (Phi) is 4.76. The number of nitrogens with one attached hydrogen (secondary N) is 2. The molecule has 172 valence electrons. The number of rotatable bonds is 8. The summed E-state index contributed by atoms with van der Waals surface area (Å²) < 4.78 is 21.1. The molecule has 0 unspecified atom stereocenters. The average molecular weight is 451 g/mol. The van der Waals surface area contributed by atoms with Crippen molar-refractivity contribution in [2.45, 2.75) is 50.5 Å². The molecule has 1 saturated heterocycles. The molecule has 2 atom stereocenters. The van der Waals surface area contributed by atoms with E-state index in [2.05, 4.69) is 42.7 Å². The SMILES string of the molecule is COCc1cc2c(Nc3cc([C@H]4C[C@@H](Oc5nncn5C5(C)CC5)CO4)[nH]n3)nccn2n1. The lowest BCUT2D eigenvalue weighted by Gasteiger charge is -2.16. The number of aromatic nitrogens is 8. The zero-order valence-electron chi connectivity index (χ0n) is 18.4. The van der Waals surface area contributed by atoms with Crippen LogP contribution >= 0.6 is 0 Å². The van der Waals surface area contributed by atoms with Gasteiger partial charge in [0.2, 0.25) is 0 Å². The average Bonchev–Trinajstić information content (AvgIpc) is 3.34. The molecule has 6 rings (SSSR count). The number of H-pyrrole nitrogens is 1. The Morgan fingerprint density at radius 3 is 3.09 bits per heavy atom. The van der Waals surface area contributed by atoms with Gasteiger partial charge in [-0.05, 0) is 25.8 Å². The second-order valence-electron chi connectivity index (χ2n) is 8.79. The van der Waals surface area contributed by atoms with Crippen molar-refractivity contribution in [3.05, 3.63) is 42.2 Å². The summed E-state index contributed by atoms with van der Waals surface area (Å²) in [7, 11) is 1.64. The number of hydrogen-bond acceptors (Lipinski definition) is 9. The van der Waals surface area contributed by atoms with Crippen LogP contribution < -0.4 is 10.1 Å². The van der Waals surface area contributed by atoms with Gasteiger partial charge in [-0.2, -0.15) is 10.2 Å². The minimum Gasteiger partial charge on any atom is -0.458 e. The first-order chi connectivity index (χ1) is 16.1. The summed E-state index contributed by atoms with van der Waals surface area (Å²) in [5, 5.41) is 23.4. The highest BCUT2D eigenvalue weighted by Crippen LogP contribution is 2.45. The van der Waals surface area contributed by atoms with Gasteiger partial charge >= 0.3 is 6.01 Å². The Hall–Kier alpha value is -3.51. The highest BCUT2D eigenvalue weighted by atomic mass is 16.6. The van der Waals surface area contributed by atoms with E-state index >= 15 is 0 Å². The topological polar surface area (TPSA) is 129 Å². The van der Waals surface area contributed by atoms with Crippen molar-refractivity contribution < 1.29 is 14.2 Å². The third-order valence-corrected chi connectivity index (χ3v) is 6.23. The van der Waals surface area contributed by atoms with Gasteiger partial charge in [0, 0.05) is 37.5 Å². The van der Waals surface area contributed by atoms with Crippen molar-refractivity contribution in [2.24, 2.45) is 0 Å². The van der Waals surface area contributed by atoms with Crippen LogP contribution in [-0.2, 0) is 21.6 Å². The summed E-state index contributed by atoms with van der Waals surface area (Å²) in [6.45, 7) is 3.11. The summed E-state index contributed by atoms with van der Waals surface area (Å²) in [6, 6.07) is 4.43. The van der Waals surface area contributed by atoms with E-state index in [1.165, 1.54) is 0 Å². The van der Waals surface area contributed by atoms with Crippen LogP contribution in [0.4, 0.5) is 11.6 Å². The van der Waals surface area contributed by atoms with Crippen LogP contribution in [0.25, 0.3) is 5.52 Å². The fourth-order valence-corrected chi connectivity index (χ4v) is 4.12. The van der Waals surface area contributed by atoms with Gasteiger partial charge in [0.15, 0.2) is 11.6 Å². The molecule has 0 spiro atoms. The lowest BCUT2D eigenvalue weighted by molar-refractivity contribution is 0.0882. The number of methoxy groups -OCH3 is 1. The highest BCUT2D eigenvalue weighted by Gasteiger charge is 2.42. The molecule has 1 saturated carbocycles. The van der Waals surface area contributed by atoms with Crippen molar-refractivity contribution in [1.29, 1.82) is 0 Å². The quantitative estimate of drug-likeness (QED) is 0.415. The van der Waals surface area contributed by atoms with Crippen molar-refractivity contribution in [3.63, 3.8) is 0 Å². The summed E-state index contributed by atoms with van der Waals surface area (Å²) in [6.07, 6.45) is 7.93. The van der Waals surface area contributed by atoms with E-state index in [9.17, 15) is 0 Å². The number of hydrogen-bond donors (Lipinski definition) is 2. The largest absolute Gasteiger partial charge is 0.458 e. The van der Waals surface area contributed by atoms with Crippen LogP contribution in [0.1, 0.15) is 43.7 Å². The molecular weight excluding hydrogens is 426 g/mol. The van der Waals surface area contributed by atoms with E-state index in [4.69, 9.17) is 14.2 Å². The summed E-state index contributed by atoms with van der Waals surface area (Å²) >= 11 is 0. The maximum Gasteiger partial charge on any atom is 0.317 e. The molecule has 2 aliphatic rings. The second kappa shape index (κ2) is 7.81. The van der Waals surface area contributed by atoms with E-state index in [1.54, 1.807) is 30.3 Å². The molecule has 1 aliphatic heterocycles. The minimum absolute atomic E-state index is 0.0817. The molecule has 0 amide bonds. The molecule has 0 aromatic carbocycles. The van der Waals surface area contributed by atoms with Crippen LogP contribution in [0.3, 0.4) is 0 Å². The molecule has 4 aromatic heterocycles. The van der Waals surface area contributed by atoms with Crippen molar-refractivity contribution in [1.82, 2.24) is 39.6 Å². The predicted molar refractivity (Wildman–Crippen MR) is 116 cm³/mol. The molecule has 2 N–H and O–H groups in total. The molecule has 1 aliphatic carbocycles. The summed E-state index contributed by atoms with van der Waals surface area (Å²) in [4.78, 5) is 4.44. The Morgan fingerprint density at radius 1 is 1.33 bits per heavy atom. The number of aromatic amines is 1. The van der Waals surface area contributed by atoms with Gasteiger partial charge in [-0.3, -0.25) is 9.67 Å². The van der Waals surface area contributed by atoms with Crippen LogP contribution in [-0.4, -0.2) is 59.4 Å². The molecule has 12 nitrogen and oxygen atoms in total. The zero-order valence-corrected chi connectivity index (χ0v) is 18.4. The molecule has 4 aromatic rings. The Balaban J connectivity index is 1.13. The van der Waals surface area contributed by atoms with Crippen LogP contribution in [0.15, 0.2) is 30.9 Å². The third-order valence-electron chi connectivity index (χ3n) is 6.23. The molecule has 33 heavy (non-hydrogen) atoms. The maximum atomic E-state index is 6.12. The number of ether oxygens (including phenoxy) is 3. The van der Waals surface area contributed by atoms with Gasteiger partial charge < -0.3 is 19.5 Å². The van der Waals surface area contributed by atoms with Gasteiger partial charge in [-0.25, -0.2) is 9.50 Å². The smallest absolute Gasteiger partial charge is 0.317 e. The summed E-state index contributed by atoms with van der Waals surface area (Å²) in [5.41, 5.74) is 2.62. The molecule has 0 bridgehead atoms. The van der Waals surface area contributed by atoms with Crippen LogP contribution in [0.5, 0.6) is 6.01 Å². The Morgan fingerprint density at radius 2 is 2.24 bits per heavy atom. The predicted octanol–water partition coefficient (Wildman–Crippen LogP) is 2.35. The lowest BCUT2D eigenvalue weighted by Crippen LogP contribution is -2.21. The first kappa shape index (κ1) is 20.1. The molecule has 2 fully saturated rings. The van der Waals surface area contributed by atoms with Gasteiger partial charge in [0.25, 0.3) is 0 Å². The molecular formula is C21H25N9O3. The van der Waals surface area contributed by atoms with Crippen molar-refractivity contribution in [2.75, 3.05) is 19.0 Å². The first-order valence-corrected chi connectivity index (χ1v) is 10.9. The maximum absolute atomic E-state index is 6.12. The van der Waals surface area contributed by atoms with Crippen molar-refractivity contribution >= 4 is 17.2 Å². The Bertz CT molecular complexity index is 1270. The van der Waals surface area contributed by atoms with E-state index in [1.807, 2.05) is 16.7 Å². The van der Waals surface area contributed by atoms with E-state index in [0.29, 0.717) is 37.3 Å². The fourth-order valence-electron chi connectivity index (χ4n) is 4.12. The first-order valence-electron chi connectivity index (χ1n) is 10.9. The lowest BCUT2D eigenvalue weighted by atomic mass is 10.1. The van der Waals surface area contributed by atoms with E-state index < -0.39 is 0 Å². The molecule has 5 heterocycles. The van der Waals surface area contributed by atoms with Gasteiger partial charge in [0.05, 0.1) is 24.6 Å². The number of fused-ring (bicyclic) bond motifs is 1. The third kappa shape index (κ3) is 3.80. The van der Waals surface area contributed by atoms with E-state index in [0.717, 1.165) is 29.7 Å². The Labute approximate surface area is 189 Å².